The van der Waals surface area contributed by atoms with Crippen molar-refractivity contribution in [1.29, 1.82) is 0 Å². The van der Waals surface area contributed by atoms with Crippen LogP contribution in [0.3, 0.4) is 0 Å². The summed E-state index contributed by atoms with van der Waals surface area (Å²) >= 11 is 0. The summed E-state index contributed by atoms with van der Waals surface area (Å²) in [7, 11) is 0. The van der Waals surface area contributed by atoms with Gasteiger partial charge >= 0.3 is 5.97 Å². The van der Waals surface area contributed by atoms with Gasteiger partial charge in [-0.2, -0.15) is 0 Å². The number of carbonyl (C=O) groups is 1. The molecule has 1 saturated carbocycles. The van der Waals surface area contributed by atoms with E-state index in [0.29, 0.717) is 13.0 Å². The third-order valence-corrected chi connectivity index (χ3v) is 4.33. The number of esters is 1. The van der Waals surface area contributed by atoms with Crippen LogP contribution in [0.4, 0.5) is 0 Å². The fourth-order valence-electron chi connectivity index (χ4n) is 3.79. The first-order valence-electron chi connectivity index (χ1n) is 5.44. The zero-order valence-electron chi connectivity index (χ0n) is 8.18. The molecule has 4 aliphatic rings. The van der Waals surface area contributed by atoms with Gasteiger partial charge in [-0.1, -0.05) is 6.08 Å². The van der Waals surface area contributed by atoms with Crippen molar-refractivity contribution >= 4 is 5.97 Å². The fourth-order valence-corrected chi connectivity index (χ4v) is 3.79. The van der Waals surface area contributed by atoms with Gasteiger partial charge in [0.25, 0.3) is 0 Å². The van der Waals surface area contributed by atoms with E-state index in [4.69, 9.17) is 9.47 Å². The van der Waals surface area contributed by atoms with E-state index in [2.05, 4.69) is 0 Å². The van der Waals surface area contributed by atoms with E-state index in [9.17, 15) is 9.90 Å². The van der Waals surface area contributed by atoms with E-state index >= 15 is 0 Å². The van der Waals surface area contributed by atoms with Gasteiger partial charge in [-0.3, -0.25) is 0 Å². The lowest BCUT2D eigenvalue weighted by atomic mass is 9.76. The van der Waals surface area contributed by atoms with Gasteiger partial charge < -0.3 is 14.6 Å². The van der Waals surface area contributed by atoms with Crippen molar-refractivity contribution in [3.63, 3.8) is 0 Å². The van der Waals surface area contributed by atoms with E-state index in [1.807, 2.05) is 6.08 Å². The average Bonchev–Trinajstić information content (AvgIpc) is 2.76. The summed E-state index contributed by atoms with van der Waals surface area (Å²) in [6.45, 7) is 0.397. The second kappa shape index (κ2) is 2.28. The number of hydrogen-bond donors (Lipinski definition) is 1. The zero-order valence-corrected chi connectivity index (χ0v) is 8.18. The Morgan fingerprint density at radius 2 is 2.33 bits per heavy atom. The second-order valence-electron chi connectivity index (χ2n) is 5.05. The van der Waals surface area contributed by atoms with E-state index < -0.39 is 5.60 Å². The molecule has 0 aromatic rings. The lowest BCUT2D eigenvalue weighted by Crippen LogP contribution is -2.39. The minimum Gasteiger partial charge on any atom is -0.458 e. The Hall–Kier alpha value is -0.870. The lowest BCUT2D eigenvalue weighted by molar-refractivity contribution is -0.140. The van der Waals surface area contributed by atoms with Crippen molar-refractivity contribution in [2.24, 2.45) is 11.8 Å². The largest absolute Gasteiger partial charge is 0.458 e. The van der Waals surface area contributed by atoms with Crippen LogP contribution in [0, 0.1) is 11.8 Å². The van der Waals surface area contributed by atoms with Gasteiger partial charge in [0.1, 0.15) is 6.10 Å². The minimum atomic E-state index is -0.750. The lowest BCUT2D eigenvalue weighted by Gasteiger charge is -2.28. The molecule has 2 saturated heterocycles. The molecule has 0 spiro atoms. The Morgan fingerprint density at radius 1 is 1.47 bits per heavy atom. The summed E-state index contributed by atoms with van der Waals surface area (Å²) in [4.78, 5) is 11.5. The third-order valence-electron chi connectivity index (χ3n) is 4.33. The van der Waals surface area contributed by atoms with Crippen molar-refractivity contribution in [3.8, 4) is 0 Å². The van der Waals surface area contributed by atoms with Gasteiger partial charge in [-0.25, -0.2) is 4.79 Å². The molecule has 0 bridgehead atoms. The zero-order chi connectivity index (χ0) is 10.2. The Morgan fingerprint density at radius 3 is 3.20 bits per heavy atom. The summed E-state index contributed by atoms with van der Waals surface area (Å²) in [6.07, 6.45) is 3.20. The molecule has 4 heteroatoms. The van der Waals surface area contributed by atoms with E-state index in [1.54, 1.807) is 0 Å². The number of ether oxygens (including phenoxy) is 2. The standard InChI is InChI=1S/C11H12O4/c12-10-5-1-2-6-9-8(5)7(15-10)3-11(9,13)4-14-6/h1,6-9,13H,2-4H2/t6-,7-,8-,9-,11+/m0/s1. The average molecular weight is 208 g/mol. The molecule has 3 fully saturated rings. The normalized spacial score (nSPS) is 55.3. The summed E-state index contributed by atoms with van der Waals surface area (Å²) in [5, 5.41) is 10.4. The second-order valence-corrected chi connectivity index (χ2v) is 5.05. The Balaban J connectivity index is 1.88. The Bertz CT molecular complexity index is 388. The van der Waals surface area contributed by atoms with Gasteiger partial charge in [0.05, 0.1) is 18.3 Å². The van der Waals surface area contributed by atoms with Crippen LogP contribution in [0.25, 0.3) is 0 Å². The summed E-state index contributed by atoms with van der Waals surface area (Å²) in [6, 6.07) is 0. The molecule has 15 heavy (non-hydrogen) atoms. The third kappa shape index (κ3) is 0.799. The highest BCUT2D eigenvalue weighted by atomic mass is 16.6. The molecule has 4 rings (SSSR count). The quantitative estimate of drug-likeness (QED) is 0.570. The minimum absolute atomic E-state index is 0.0777. The first-order valence-corrected chi connectivity index (χ1v) is 5.44. The van der Waals surface area contributed by atoms with Crippen LogP contribution in [-0.4, -0.2) is 35.5 Å². The topological polar surface area (TPSA) is 55.8 Å². The van der Waals surface area contributed by atoms with Crippen molar-refractivity contribution in [1.82, 2.24) is 0 Å². The summed E-state index contributed by atoms with van der Waals surface area (Å²) in [5.74, 6) is -0.0184. The predicted molar refractivity (Wildman–Crippen MR) is 48.9 cm³/mol. The maximum Gasteiger partial charge on any atom is 0.334 e. The van der Waals surface area contributed by atoms with Crippen LogP contribution < -0.4 is 0 Å². The van der Waals surface area contributed by atoms with Gasteiger partial charge in [-0.05, 0) is 6.42 Å². The SMILES string of the molecule is O=C1O[C@H]2C[C@@]3(O)CO[C@H]4CC=C1[C@@H]2[C@H]43. The molecule has 4 nitrogen and oxygen atoms in total. The molecule has 2 aliphatic heterocycles. The number of carbonyl (C=O) groups excluding carboxylic acids is 1. The maximum absolute atomic E-state index is 11.5. The van der Waals surface area contributed by atoms with Gasteiger partial charge in [0, 0.05) is 23.8 Å². The first-order chi connectivity index (χ1) is 7.19. The van der Waals surface area contributed by atoms with Gasteiger partial charge in [-0.15, -0.1) is 0 Å². The first kappa shape index (κ1) is 8.30. The number of aliphatic hydroxyl groups is 1. The van der Waals surface area contributed by atoms with Crippen molar-refractivity contribution in [2.45, 2.75) is 30.7 Å². The van der Waals surface area contributed by atoms with Crippen LogP contribution in [-0.2, 0) is 14.3 Å². The highest BCUT2D eigenvalue weighted by molar-refractivity contribution is 5.92. The van der Waals surface area contributed by atoms with E-state index in [-0.39, 0.29) is 30.0 Å². The van der Waals surface area contributed by atoms with Crippen molar-refractivity contribution in [2.75, 3.05) is 6.61 Å². The summed E-state index contributed by atoms with van der Waals surface area (Å²) < 4.78 is 10.9. The smallest absolute Gasteiger partial charge is 0.334 e. The Kier molecular flexibility index (Phi) is 1.26. The molecule has 0 unspecified atom stereocenters. The maximum atomic E-state index is 11.5. The molecule has 2 aliphatic carbocycles. The van der Waals surface area contributed by atoms with Crippen LogP contribution in [0.1, 0.15) is 12.8 Å². The highest BCUT2D eigenvalue weighted by Gasteiger charge is 2.66. The number of rotatable bonds is 0. The molecular formula is C11H12O4. The highest BCUT2D eigenvalue weighted by Crippen LogP contribution is 2.57. The van der Waals surface area contributed by atoms with Gasteiger partial charge in [0.2, 0.25) is 0 Å². The molecule has 0 radical (unpaired) electrons. The number of hydrogen-bond acceptors (Lipinski definition) is 4. The molecule has 1 N–H and O–H groups in total. The molecule has 5 atom stereocenters. The molecule has 0 amide bonds. The molecule has 80 valence electrons. The van der Waals surface area contributed by atoms with Crippen molar-refractivity contribution in [3.05, 3.63) is 11.6 Å². The molecular weight excluding hydrogens is 196 g/mol. The Labute approximate surface area is 86.9 Å². The fraction of sp³-hybridized carbons (Fsp3) is 0.727. The van der Waals surface area contributed by atoms with Crippen LogP contribution in [0.15, 0.2) is 11.6 Å². The summed E-state index contributed by atoms with van der Waals surface area (Å²) in [5.41, 5.74) is 0.0305. The molecule has 0 aromatic carbocycles. The molecule has 0 aromatic heterocycles. The van der Waals surface area contributed by atoms with Crippen LogP contribution in [0.2, 0.25) is 0 Å². The van der Waals surface area contributed by atoms with Crippen LogP contribution in [0.5, 0.6) is 0 Å². The predicted octanol–water partition coefficient (Wildman–Crippen LogP) is 0.00790. The monoisotopic (exact) mass is 208 g/mol. The van der Waals surface area contributed by atoms with Gasteiger partial charge in [0.15, 0.2) is 0 Å². The van der Waals surface area contributed by atoms with E-state index in [1.165, 1.54) is 0 Å². The van der Waals surface area contributed by atoms with Crippen molar-refractivity contribution < 1.29 is 19.4 Å². The molecule has 2 heterocycles. The van der Waals surface area contributed by atoms with Crippen LogP contribution >= 0.6 is 0 Å². The van der Waals surface area contributed by atoms with E-state index in [0.717, 1.165) is 12.0 Å².